The summed E-state index contributed by atoms with van der Waals surface area (Å²) in [5.41, 5.74) is 2.60. The van der Waals surface area contributed by atoms with Crippen molar-refractivity contribution in [1.82, 2.24) is 9.55 Å². The fourth-order valence-corrected chi connectivity index (χ4v) is 3.45. The van der Waals surface area contributed by atoms with Gasteiger partial charge in [0.1, 0.15) is 11.6 Å². The van der Waals surface area contributed by atoms with E-state index in [-0.39, 0.29) is 17.9 Å². The van der Waals surface area contributed by atoms with Crippen LogP contribution in [0.3, 0.4) is 0 Å². The molecule has 0 saturated heterocycles. The van der Waals surface area contributed by atoms with Crippen molar-refractivity contribution in [2.24, 2.45) is 0 Å². The number of anilines is 1. The van der Waals surface area contributed by atoms with Crippen molar-refractivity contribution in [2.75, 3.05) is 12.4 Å². The van der Waals surface area contributed by atoms with E-state index in [1.54, 1.807) is 35.8 Å². The lowest BCUT2D eigenvalue weighted by Crippen LogP contribution is -2.22. The fourth-order valence-electron chi connectivity index (χ4n) is 3.45. The lowest BCUT2D eigenvalue weighted by molar-refractivity contribution is -0.115. The molecule has 0 aliphatic carbocycles. The van der Waals surface area contributed by atoms with Crippen molar-refractivity contribution in [3.63, 3.8) is 0 Å². The maximum atomic E-state index is 13.0. The number of aromatic nitrogens is 2. The van der Waals surface area contributed by atoms with Gasteiger partial charge in [-0.1, -0.05) is 42.5 Å². The van der Waals surface area contributed by atoms with E-state index in [1.165, 1.54) is 7.11 Å². The molecule has 0 atom stereocenters. The van der Waals surface area contributed by atoms with Gasteiger partial charge in [-0.05, 0) is 36.8 Å². The van der Waals surface area contributed by atoms with Crippen LogP contribution in [-0.2, 0) is 11.2 Å². The molecule has 6 nitrogen and oxygen atoms in total. The number of ether oxygens (including phenoxy) is 1. The van der Waals surface area contributed by atoms with E-state index in [1.807, 2.05) is 48.5 Å². The number of para-hydroxylation sites is 1. The molecule has 1 aromatic heterocycles. The molecule has 30 heavy (non-hydrogen) atoms. The number of fused-ring (bicyclic) bond motifs is 1. The van der Waals surface area contributed by atoms with Gasteiger partial charge >= 0.3 is 0 Å². The van der Waals surface area contributed by atoms with Gasteiger partial charge in [0.05, 0.1) is 35.8 Å². The van der Waals surface area contributed by atoms with Crippen molar-refractivity contribution in [3.8, 4) is 11.4 Å². The highest BCUT2D eigenvalue weighted by Gasteiger charge is 2.14. The van der Waals surface area contributed by atoms with Crippen molar-refractivity contribution in [3.05, 3.63) is 94.5 Å². The standard InChI is InChI=1S/C24H21N3O3/c1-16-25-20-11-7-6-10-19(20)24(29)27(16)18-12-13-21(22(15-18)30-2)26-23(28)14-17-8-4-3-5-9-17/h3-13,15H,14H2,1-2H3,(H,26,28). The molecule has 3 aromatic carbocycles. The van der Waals surface area contributed by atoms with Crippen LogP contribution >= 0.6 is 0 Å². The van der Waals surface area contributed by atoms with Gasteiger partial charge in [-0.15, -0.1) is 0 Å². The molecule has 4 aromatic rings. The number of carbonyl (C=O) groups excluding carboxylic acids is 1. The molecule has 0 fully saturated rings. The summed E-state index contributed by atoms with van der Waals surface area (Å²) in [7, 11) is 1.53. The van der Waals surface area contributed by atoms with Crippen LogP contribution in [0.4, 0.5) is 5.69 Å². The second-order valence-electron chi connectivity index (χ2n) is 6.91. The van der Waals surface area contributed by atoms with Gasteiger partial charge in [-0.3, -0.25) is 14.2 Å². The first-order valence-electron chi connectivity index (χ1n) is 9.57. The zero-order chi connectivity index (χ0) is 21.1. The predicted octanol–water partition coefficient (Wildman–Crippen LogP) is 3.88. The lowest BCUT2D eigenvalue weighted by atomic mass is 10.1. The lowest BCUT2D eigenvalue weighted by Gasteiger charge is -2.15. The Balaban J connectivity index is 1.67. The zero-order valence-corrected chi connectivity index (χ0v) is 16.8. The van der Waals surface area contributed by atoms with Gasteiger partial charge in [0.15, 0.2) is 0 Å². The molecule has 1 amide bonds. The van der Waals surface area contributed by atoms with Crippen molar-refractivity contribution in [1.29, 1.82) is 0 Å². The summed E-state index contributed by atoms with van der Waals surface area (Å²) in [4.78, 5) is 30.0. The molecule has 0 aliphatic rings. The van der Waals surface area contributed by atoms with E-state index in [9.17, 15) is 9.59 Å². The molecule has 0 radical (unpaired) electrons. The average Bonchev–Trinajstić information content (AvgIpc) is 2.75. The number of benzene rings is 3. The Morgan fingerprint density at radius 1 is 1.03 bits per heavy atom. The van der Waals surface area contributed by atoms with Crippen LogP contribution in [-0.4, -0.2) is 22.6 Å². The first-order chi connectivity index (χ1) is 14.6. The smallest absolute Gasteiger partial charge is 0.265 e. The summed E-state index contributed by atoms with van der Waals surface area (Å²) in [6.07, 6.45) is 0.263. The number of carbonyl (C=O) groups is 1. The quantitative estimate of drug-likeness (QED) is 0.553. The molecular weight excluding hydrogens is 378 g/mol. The molecule has 0 unspecified atom stereocenters. The van der Waals surface area contributed by atoms with Gasteiger partial charge in [0.25, 0.3) is 5.56 Å². The molecule has 4 rings (SSSR count). The van der Waals surface area contributed by atoms with E-state index < -0.39 is 0 Å². The van der Waals surface area contributed by atoms with Gasteiger partial charge in [-0.25, -0.2) is 4.98 Å². The van der Waals surface area contributed by atoms with Crippen molar-refractivity contribution in [2.45, 2.75) is 13.3 Å². The highest BCUT2D eigenvalue weighted by atomic mass is 16.5. The summed E-state index contributed by atoms with van der Waals surface area (Å²) < 4.78 is 7.02. The Hall–Kier alpha value is -3.93. The number of hydrogen-bond donors (Lipinski definition) is 1. The Bertz CT molecular complexity index is 1280. The number of aryl methyl sites for hydroxylation is 1. The highest BCUT2D eigenvalue weighted by molar-refractivity contribution is 5.94. The summed E-state index contributed by atoms with van der Waals surface area (Å²) in [5.74, 6) is 0.892. The molecule has 0 bridgehead atoms. The minimum Gasteiger partial charge on any atom is -0.494 e. The van der Waals surface area contributed by atoms with Crippen molar-refractivity contribution >= 4 is 22.5 Å². The van der Waals surface area contributed by atoms with Crippen LogP contribution in [0.1, 0.15) is 11.4 Å². The topological polar surface area (TPSA) is 73.2 Å². The molecule has 150 valence electrons. The number of nitrogens with zero attached hydrogens (tertiary/aromatic N) is 2. The van der Waals surface area contributed by atoms with Gasteiger partial charge in [-0.2, -0.15) is 0 Å². The molecule has 0 spiro atoms. The molecular formula is C24H21N3O3. The van der Waals surface area contributed by atoms with Crippen LogP contribution in [0.2, 0.25) is 0 Å². The SMILES string of the molecule is COc1cc(-n2c(C)nc3ccccc3c2=O)ccc1NC(=O)Cc1ccccc1. The highest BCUT2D eigenvalue weighted by Crippen LogP contribution is 2.27. The van der Waals surface area contributed by atoms with Gasteiger partial charge in [0.2, 0.25) is 5.91 Å². The fraction of sp³-hybridized carbons (Fsp3) is 0.125. The third kappa shape index (κ3) is 3.80. The Labute approximate surface area is 173 Å². The minimum absolute atomic E-state index is 0.145. The van der Waals surface area contributed by atoms with E-state index in [4.69, 9.17) is 4.74 Å². The largest absolute Gasteiger partial charge is 0.494 e. The first-order valence-corrected chi connectivity index (χ1v) is 9.57. The molecule has 6 heteroatoms. The van der Waals surface area contributed by atoms with Crippen LogP contribution in [0.15, 0.2) is 77.6 Å². The maximum Gasteiger partial charge on any atom is 0.265 e. The van der Waals surface area contributed by atoms with Gasteiger partial charge < -0.3 is 10.1 Å². The average molecular weight is 399 g/mol. The Morgan fingerprint density at radius 2 is 1.77 bits per heavy atom. The number of amides is 1. The number of nitrogens with one attached hydrogen (secondary N) is 1. The van der Waals surface area contributed by atoms with E-state index in [2.05, 4.69) is 10.3 Å². The second kappa shape index (κ2) is 8.21. The van der Waals surface area contributed by atoms with E-state index in [0.29, 0.717) is 33.9 Å². The van der Waals surface area contributed by atoms with Gasteiger partial charge in [0, 0.05) is 6.07 Å². The molecule has 0 aliphatic heterocycles. The summed E-state index contributed by atoms with van der Waals surface area (Å²) in [6, 6.07) is 22.0. The monoisotopic (exact) mass is 399 g/mol. The predicted molar refractivity (Wildman–Crippen MR) is 117 cm³/mol. The summed E-state index contributed by atoms with van der Waals surface area (Å²) in [6.45, 7) is 1.79. The normalized spacial score (nSPS) is 10.7. The maximum absolute atomic E-state index is 13.0. The summed E-state index contributed by atoms with van der Waals surface area (Å²) >= 11 is 0. The third-order valence-corrected chi connectivity index (χ3v) is 4.87. The minimum atomic E-state index is -0.152. The molecule has 1 heterocycles. The van der Waals surface area contributed by atoms with E-state index in [0.717, 1.165) is 5.56 Å². The van der Waals surface area contributed by atoms with Crippen LogP contribution in [0.25, 0.3) is 16.6 Å². The third-order valence-electron chi connectivity index (χ3n) is 4.87. The zero-order valence-electron chi connectivity index (χ0n) is 16.8. The molecule has 0 saturated carbocycles. The van der Waals surface area contributed by atoms with Crippen LogP contribution in [0, 0.1) is 6.92 Å². The van der Waals surface area contributed by atoms with Crippen molar-refractivity contribution < 1.29 is 9.53 Å². The molecule has 1 N–H and O–H groups in total. The van der Waals surface area contributed by atoms with Crippen LogP contribution in [0.5, 0.6) is 5.75 Å². The number of methoxy groups -OCH3 is 1. The Kier molecular flexibility index (Phi) is 5.30. The van der Waals surface area contributed by atoms with E-state index >= 15 is 0 Å². The number of rotatable bonds is 5. The second-order valence-corrected chi connectivity index (χ2v) is 6.91. The summed E-state index contributed by atoms with van der Waals surface area (Å²) in [5, 5.41) is 3.42. The first kappa shape index (κ1) is 19.4. The Morgan fingerprint density at radius 3 is 2.53 bits per heavy atom. The van der Waals surface area contributed by atoms with Crippen LogP contribution < -0.4 is 15.6 Å². The number of hydrogen-bond acceptors (Lipinski definition) is 4.